The zero-order valence-electron chi connectivity index (χ0n) is 13.7. The third kappa shape index (κ3) is 14.8. The van der Waals surface area contributed by atoms with Crippen LogP contribution in [0.1, 0.15) is 20.8 Å². The van der Waals surface area contributed by atoms with Gasteiger partial charge in [0, 0.05) is 25.6 Å². The van der Waals surface area contributed by atoms with Gasteiger partial charge >= 0.3 is 6.80 Å². The van der Waals surface area contributed by atoms with E-state index in [1.807, 2.05) is 25.6 Å². The summed E-state index contributed by atoms with van der Waals surface area (Å²) in [6, 6.07) is 0. The van der Waals surface area contributed by atoms with Gasteiger partial charge in [0.25, 0.3) is 0 Å². The first-order chi connectivity index (χ1) is 9.86. The van der Waals surface area contributed by atoms with Crippen LogP contribution in [0, 0.1) is 0 Å². The van der Waals surface area contributed by atoms with Crippen LogP contribution in [0.5, 0.6) is 0 Å². The van der Waals surface area contributed by atoms with Gasteiger partial charge in [-0.1, -0.05) is 13.5 Å². The molecule has 5 nitrogen and oxygen atoms in total. The highest BCUT2D eigenvalue weighted by atomic mass is 32.7. The predicted molar refractivity (Wildman–Crippen MR) is 95.2 cm³/mol. The van der Waals surface area contributed by atoms with Crippen LogP contribution in [0.15, 0.2) is 12.7 Å². The molecule has 0 atom stereocenters. The maximum Gasteiger partial charge on any atom is 0.389 e. The maximum atomic E-state index is 11.9. The monoisotopic (exact) mass is 357 g/mol. The lowest BCUT2D eigenvalue weighted by molar-refractivity contribution is -0.123. The van der Waals surface area contributed by atoms with Crippen LogP contribution >= 0.6 is 29.9 Å². The van der Waals surface area contributed by atoms with Gasteiger partial charge in [0.1, 0.15) is 0 Å². The Labute approximate surface area is 137 Å². The molecule has 0 aromatic carbocycles. The Kier molecular flexibility index (Phi) is 16.6. The number of hydrogen-bond donors (Lipinski definition) is 0. The van der Waals surface area contributed by atoms with Crippen molar-refractivity contribution in [2.75, 3.05) is 44.6 Å². The third-order valence-electron chi connectivity index (χ3n) is 1.87. The van der Waals surface area contributed by atoms with Crippen molar-refractivity contribution in [3.8, 4) is 0 Å². The fraction of sp³-hybridized carbons (Fsp3) is 0.769. The second kappa shape index (κ2) is 15.0. The normalized spacial score (nSPS) is 10.5. The number of hydrogen-bond acceptors (Lipinski definition) is 6. The van der Waals surface area contributed by atoms with Crippen molar-refractivity contribution in [1.82, 2.24) is 4.90 Å². The highest BCUT2D eigenvalue weighted by Crippen LogP contribution is 2.60. The highest BCUT2D eigenvalue weighted by molar-refractivity contribution is 8.55. The fourth-order valence-corrected chi connectivity index (χ4v) is 5.52. The van der Waals surface area contributed by atoms with Crippen LogP contribution in [-0.2, 0) is 18.4 Å². The van der Waals surface area contributed by atoms with Crippen LogP contribution in [-0.4, -0.2) is 55.4 Å². The van der Waals surface area contributed by atoms with Crippen LogP contribution in [0.25, 0.3) is 0 Å². The molecule has 1 amide bonds. The van der Waals surface area contributed by atoms with E-state index in [2.05, 4.69) is 13.5 Å². The average Bonchev–Trinajstić information content (AvgIpc) is 2.44. The molecule has 0 aliphatic rings. The zero-order chi connectivity index (χ0) is 16.7. The van der Waals surface area contributed by atoms with E-state index in [9.17, 15) is 9.36 Å². The molecule has 0 saturated heterocycles. The summed E-state index contributed by atoms with van der Waals surface area (Å²) in [5, 5.41) is 0. The van der Waals surface area contributed by atoms with E-state index in [1.54, 1.807) is 14.1 Å². The lowest BCUT2D eigenvalue weighted by atomic mass is 10.5. The van der Waals surface area contributed by atoms with E-state index in [0.29, 0.717) is 13.2 Å². The molecule has 0 spiro atoms. The van der Waals surface area contributed by atoms with Gasteiger partial charge in [-0.3, -0.25) is 4.79 Å². The van der Waals surface area contributed by atoms with Crippen LogP contribution < -0.4 is 0 Å². The van der Waals surface area contributed by atoms with Gasteiger partial charge in [0.15, 0.2) is 0 Å². The van der Waals surface area contributed by atoms with Gasteiger partial charge in [0.05, 0.1) is 13.2 Å². The van der Waals surface area contributed by atoms with Gasteiger partial charge in [-0.2, -0.15) is 11.8 Å². The minimum atomic E-state index is -2.86. The van der Waals surface area contributed by atoms with Crippen LogP contribution in [0.4, 0.5) is 0 Å². The van der Waals surface area contributed by atoms with Gasteiger partial charge in [-0.25, -0.2) is 4.57 Å². The Morgan fingerprint density at radius 1 is 1.19 bits per heavy atom. The Balaban J connectivity index is 0. The molecule has 0 rings (SSSR count). The summed E-state index contributed by atoms with van der Waals surface area (Å²) in [4.78, 5) is 11.8. The summed E-state index contributed by atoms with van der Waals surface area (Å²) >= 11 is 3.14. The van der Waals surface area contributed by atoms with Gasteiger partial charge in [0.2, 0.25) is 5.91 Å². The maximum absolute atomic E-state index is 11.9. The largest absolute Gasteiger partial charge is 0.389 e. The number of nitrogens with zero attached hydrogens (tertiary/aromatic N) is 1. The van der Waals surface area contributed by atoms with Gasteiger partial charge < -0.3 is 13.9 Å². The lowest BCUT2D eigenvalue weighted by Gasteiger charge is -2.15. The topological polar surface area (TPSA) is 55.8 Å². The number of thioether (sulfide) groups is 1. The summed E-state index contributed by atoms with van der Waals surface area (Å²) in [7, 11) is 3.37. The predicted octanol–water partition coefficient (Wildman–Crippen LogP) is 3.91. The first kappa shape index (κ1) is 23.3. The van der Waals surface area contributed by atoms with Crippen molar-refractivity contribution < 1.29 is 18.4 Å². The molecule has 21 heavy (non-hydrogen) atoms. The van der Waals surface area contributed by atoms with Crippen molar-refractivity contribution in [2.24, 2.45) is 0 Å². The molecule has 0 bridgehead atoms. The molecular weight excluding hydrogens is 329 g/mol. The molecular formula is C13H28NO4PS2. The summed E-state index contributed by atoms with van der Waals surface area (Å²) in [5.41, 5.74) is 0. The van der Waals surface area contributed by atoms with Crippen molar-refractivity contribution in [3.05, 3.63) is 12.7 Å². The standard InChI is InChI=1S/C8H19O3PS2.C5H9NO/c1-4-10-12(9,11-5-2)14-8-7-13-6-3;1-4-5(7)6(2)3/h4-8H2,1-3H3;4H,1H2,2-3H3. The van der Waals surface area contributed by atoms with Crippen molar-refractivity contribution in [3.63, 3.8) is 0 Å². The van der Waals surface area contributed by atoms with Crippen molar-refractivity contribution >= 4 is 35.8 Å². The Morgan fingerprint density at radius 2 is 1.71 bits per heavy atom. The minimum Gasteiger partial charge on any atom is -0.345 e. The van der Waals surface area contributed by atoms with E-state index in [4.69, 9.17) is 9.05 Å². The fourth-order valence-electron chi connectivity index (χ4n) is 0.963. The summed E-state index contributed by atoms with van der Waals surface area (Å²) in [5.74, 6) is 2.84. The van der Waals surface area contributed by atoms with E-state index in [0.717, 1.165) is 17.3 Å². The van der Waals surface area contributed by atoms with Crippen molar-refractivity contribution in [1.29, 1.82) is 0 Å². The smallest absolute Gasteiger partial charge is 0.345 e. The second-order valence-corrected chi connectivity index (χ2v) is 9.34. The first-order valence-corrected chi connectivity index (χ1v) is 11.1. The third-order valence-corrected chi connectivity index (χ3v) is 7.01. The van der Waals surface area contributed by atoms with E-state index >= 15 is 0 Å². The molecule has 0 saturated carbocycles. The number of rotatable bonds is 10. The molecule has 0 aliphatic carbocycles. The van der Waals surface area contributed by atoms with Crippen LogP contribution in [0.3, 0.4) is 0 Å². The molecule has 0 aliphatic heterocycles. The molecule has 0 radical (unpaired) electrons. The summed E-state index contributed by atoms with van der Waals surface area (Å²) in [6.07, 6.45) is 1.28. The summed E-state index contributed by atoms with van der Waals surface area (Å²) < 4.78 is 22.2. The molecule has 0 heterocycles. The van der Waals surface area contributed by atoms with E-state index in [1.165, 1.54) is 22.4 Å². The lowest BCUT2D eigenvalue weighted by Crippen LogP contribution is -2.18. The SMILES string of the molecule is C=CC(=O)N(C)C.CCOP(=O)(OCC)SCCSCC. The number of carbonyl (C=O) groups is 1. The minimum absolute atomic E-state index is 0.0556. The quantitative estimate of drug-likeness (QED) is 0.336. The highest BCUT2D eigenvalue weighted by Gasteiger charge is 2.23. The number of carbonyl (C=O) groups excluding carboxylic acids is 1. The van der Waals surface area contributed by atoms with E-state index < -0.39 is 6.80 Å². The van der Waals surface area contributed by atoms with Gasteiger partial charge in [-0.15, -0.1) is 0 Å². The Bertz CT molecular complexity index is 317. The summed E-state index contributed by atoms with van der Waals surface area (Å²) in [6.45, 7) is 7.07. The number of likely N-dealkylation sites (N-methyl/N-ethyl adjacent to an activating group) is 1. The molecule has 0 aromatic rings. The molecule has 0 unspecified atom stereocenters. The molecule has 0 fully saturated rings. The first-order valence-electron chi connectivity index (χ1n) is 6.81. The zero-order valence-corrected chi connectivity index (χ0v) is 16.2. The Hall–Kier alpha value is 0.0600. The van der Waals surface area contributed by atoms with E-state index in [-0.39, 0.29) is 5.91 Å². The Morgan fingerprint density at radius 3 is 2.00 bits per heavy atom. The molecule has 0 aromatic heterocycles. The molecule has 126 valence electrons. The van der Waals surface area contributed by atoms with Gasteiger partial charge in [-0.05, 0) is 37.1 Å². The molecule has 0 N–H and O–H groups in total. The number of amides is 1. The van der Waals surface area contributed by atoms with Crippen molar-refractivity contribution in [2.45, 2.75) is 20.8 Å². The average molecular weight is 357 g/mol. The molecule has 8 heteroatoms. The van der Waals surface area contributed by atoms with Crippen LogP contribution in [0.2, 0.25) is 0 Å². The second-order valence-electron chi connectivity index (χ2n) is 3.75.